The van der Waals surface area contributed by atoms with Gasteiger partial charge in [-0.1, -0.05) is 11.6 Å². The fourth-order valence-corrected chi connectivity index (χ4v) is 3.82. The number of carbonyl (C=O) groups is 1. The molecule has 3 heterocycles. The van der Waals surface area contributed by atoms with Crippen molar-refractivity contribution in [1.82, 2.24) is 10.2 Å². The number of amides is 1. The van der Waals surface area contributed by atoms with Crippen LogP contribution in [0.25, 0.3) is 0 Å². The molecule has 0 spiro atoms. The standard InChI is InChI=1S/C12H15ClN2OS.ClH/c13-10-4-6-17-11(10)12(16)15-5-3-8-1-2-9(7-15)14-8;/h4,6,8-9,14H,1-3,5,7H2;1H. The maximum Gasteiger partial charge on any atom is 0.265 e. The predicted molar refractivity (Wildman–Crippen MR) is 77.0 cm³/mol. The number of hydrogen-bond donors (Lipinski definition) is 1. The first-order valence-corrected chi connectivity index (χ1v) is 7.28. The van der Waals surface area contributed by atoms with Crippen molar-refractivity contribution >= 4 is 41.3 Å². The van der Waals surface area contributed by atoms with Gasteiger partial charge in [0.25, 0.3) is 5.91 Å². The lowest BCUT2D eigenvalue weighted by molar-refractivity contribution is 0.0753. The van der Waals surface area contributed by atoms with E-state index < -0.39 is 0 Å². The molecule has 2 atom stereocenters. The second kappa shape index (κ2) is 5.78. The highest BCUT2D eigenvalue weighted by Gasteiger charge is 2.32. The Bertz CT molecular complexity index is 437. The third-order valence-electron chi connectivity index (χ3n) is 3.62. The zero-order valence-electron chi connectivity index (χ0n) is 9.89. The molecule has 2 fully saturated rings. The van der Waals surface area contributed by atoms with Crippen molar-refractivity contribution in [2.45, 2.75) is 31.3 Å². The van der Waals surface area contributed by atoms with E-state index in [0.29, 0.717) is 22.0 Å². The van der Waals surface area contributed by atoms with Crippen LogP contribution < -0.4 is 5.32 Å². The number of hydrogen-bond acceptors (Lipinski definition) is 3. The lowest BCUT2D eigenvalue weighted by Gasteiger charge is -2.23. The van der Waals surface area contributed by atoms with Crippen molar-refractivity contribution in [1.29, 1.82) is 0 Å². The number of thiophene rings is 1. The Hall–Kier alpha value is -0.290. The van der Waals surface area contributed by atoms with Gasteiger partial charge in [-0.15, -0.1) is 23.7 Å². The van der Waals surface area contributed by atoms with E-state index in [9.17, 15) is 4.79 Å². The zero-order chi connectivity index (χ0) is 11.8. The average molecular weight is 307 g/mol. The molecule has 100 valence electrons. The number of nitrogens with zero attached hydrogens (tertiary/aromatic N) is 1. The number of rotatable bonds is 1. The molecule has 2 aliphatic rings. The van der Waals surface area contributed by atoms with Crippen LogP contribution in [0.2, 0.25) is 5.02 Å². The molecule has 1 aromatic rings. The van der Waals surface area contributed by atoms with Crippen LogP contribution in [0.1, 0.15) is 28.9 Å². The van der Waals surface area contributed by atoms with Crippen molar-refractivity contribution < 1.29 is 4.79 Å². The predicted octanol–water partition coefficient (Wildman–Crippen LogP) is 2.79. The molecular formula is C12H16Cl2N2OS. The number of likely N-dealkylation sites (tertiary alicyclic amines) is 1. The lowest BCUT2D eigenvalue weighted by Crippen LogP contribution is -2.38. The van der Waals surface area contributed by atoms with Crippen molar-refractivity contribution in [3.8, 4) is 0 Å². The Morgan fingerprint density at radius 1 is 1.39 bits per heavy atom. The van der Waals surface area contributed by atoms with Gasteiger partial charge in [0.05, 0.1) is 5.02 Å². The number of carbonyl (C=O) groups excluding carboxylic acids is 1. The summed E-state index contributed by atoms with van der Waals surface area (Å²) in [5.41, 5.74) is 0. The normalized spacial score (nSPS) is 26.6. The summed E-state index contributed by atoms with van der Waals surface area (Å²) in [5.74, 6) is 0.0966. The molecule has 2 bridgehead atoms. The van der Waals surface area contributed by atoms with E-state index >= 15 is 0 Å². The first kappa shape index (κ1) is 14.1. The van der Waals surface area contributed by atoms with Crippen molar-refractivity contribution in [3.63, 3.8) is 0 Å². The van der Waals surface area contributed by atoms with Crippen LogP contribution in [0.4, 0.5) is 0 Å². The Morgan fingerprint density at radius 3 is 2.89 bits per heavy atom. The van der Waals surface area contributed by atoms with Gasteiger partial charge in [0.15, 0.2) is 0 Å². The Kier molecular flexibility index (Phi) is 4.54. The summed E-state index contributed by atoms with van der Waals surface area (Å²) in [5, 5.41) is 6.03. The van der Waals surface area contributed by atoms with Gasteiger partial charge in [0.1, 0.15) is 4.88 Å². The van der Waals surface area contributed by atoms with Gasteiger partial charge in [-0.25, -0.2) is 0 Å². The van der Waals surface area contributed by atoms with Crippen LogP contribution in [0, 0.1) is 0 Å². The van der Waals surface area contributed by atoms with E-state index in [1.54, 1.807) is 6.07 Å². The fraction of sp³-hybridized carbons (Fsp3) is 0.583. The van der Waals surface area contributed by atoms with E-state index in [-0.39, 0.29) is 18.3 Å². The second-order valence-corrected chi connectivity index (χ2v) is 6.10. The minimum atomic E-state index is 0. The van der Waals surface area contributed by atoms with Crippen LogP contribution in [-0.2, 0) is 0 Å². The molecule has 6 heteroatoms. The van der Waals surface area contributed by atoms with Crippen LogP contribution in [0.3, 0.4) is 0 Å². The molecule has 2 saturated heterocycles. The molecule has 0 radical (unpaired) electrons. The van der Waals surface area contributed by atoms with Gasteiger partial charge >= 0.3 is 0 Å². The van der Waals surface area contributed by atoms with E-state index in [1.807, 2.05) is 10.3 Å². The van der Waals surface area contributed by atoms with Gasteiger partial charge in [-0.3, -0.25) is 4.79 Å². The second-order valence-electron chi connectivity index (χ2n) is 4.78. The molecule has 0 saturated carbocycles. The zero-order valence-corrected chi connectivity index (χ0v) is 12.3. The first-order valence-electron chi connectivity index (χ1n) is 6.02. The summed E-state index contributed by atoms with van der Waals surface area (Å²) >= 11 is 7.46. The SMILES string of the molecule is Cl.O=C(c1sccc1Cl)N1CCC2CCC(C1)N2. The van der Waals surface area contributed by atoms with Crippen LogP contribution in [0.15, 0.2) is 11.4 Å². The summed E-state index contributed by atoms with van der Waals surface area (Å²) in [6.45, 7) is 1.67. The molecule has 18 heavy (non-hydrogen) atoms. The summed E-state index contributed by atoms with van der Waals surface area (Å²) in [6.07, 6.45) is 3.50. The number of nitrogens with one attached hydrogen (secondary N) is 1. The van der Waals surface area contributed by atoms with Gasteiger partial charge in [-0.2, -0.15) is 0 Å². The van der Waals surface area contributed by atoms with Crippen LogP contribution >= 0.6 is 35.3 Å². The minimum absolute atomic E-state index is 0. The molecule has 0 aliphatic carbocycles. The fourth-order valence-electron chi connectivity index (χ4n) is 2.72. The Morgan fingerprint density at radius 2 is 2.17 bits per heavy atom. The topological polar surface area (TPSA) is 32.3 Å². The molecule has 1 aromatic heterocycles. The van der Waals surface area contributed by atoms with E-state index in [0.717, 1.165) is 19.5 Å². The average Bonchev–Trinajstić information content (AvgIpc) is 2.84. The van der Waals surface area contributed by atoms with E-state index in [1.165, 1.54) is 24.2 Å². The summed E-state index contributed by atoms with van der Waals surface area (Å²) in [6, 6.07) is 2.88. The summed E-state index contributed by atoms with van der Waals surface area (Å²) < 4.78 is 0. The van der Waals surface area contributed by atoms with Crippen LogP contribution in [0.5, 0.6) is 0 Å². The highest BCUT2D eigenvalue weighted by molar-refractivity contribution is 7.12. The quantitative estimate of drug-likeness (QED) is 0.865. The van der Waals surface area contributed by atoms with Crippen molar-refractivity contribution in [2.75, 3.05) is 13.1 Å². The summed E-state index contributed by atoms with van der Waals surface area (Å²) in [4.78, 5) is 15.0. The maximum absolute atomic E-state index is 12.3. The maximum atomic E-state index is 12.3. The van der Waals surface area contributed by atoms with E-state index in [4.69, 9.17) is 11.6 Å². The van der Waals surface area contributed by atoms with Gasteiger partial charge in [0.2, 0.25) is 0 Å². The van der Waals surface area contributed by atoms with Crippen molar-refractivity contribution in [3.05, 3.63) is 21.3 Å². The third kappa shape index (κ3) is 2.67. The minimum Gasteiger partial charge on any atom is -0.336 e. The molecule has 2 aliphatic heterocycles. The molecular weight excluding hydrogens is 291 g/mol. The van der Waals surface area contributed by atoms with Gasteiger partial charge < -0.3 is 10.2 Å². The van der Waals surface area contributed by atoms with Crippen LogP contribution in [-0.4, -0.2) is 36.0 Å². The lowest BCUT2D eigenvalue weighted by atomic mass is 10.1. The molecule has 1 N–H and O–H groups in total. The third-order valence-corrected chi connectivity index (χ3v) is 4.95. The summed E-state index contributed by atoms with van der Waals surface area (Å²) in [7, 11) is 0. The molecule has 3 rings (SSSR count). The molecule has 1 amide bonds. The van der Waals surface area contributed by atoms with E-state index in [2.05, 4.69) is 5.32 Å². The Labute approximate surface area is 122 Å². The van der Waals surface area contributed by atoms with Gasteiger partial charge in [-0.05, 0) is 30.7 Å². The molecule has 3 nitrogen and oxygen atoms in total. The van der Waals surface area contributed by atoms with Gasteiger partial charge in [0, 0.05) is 25.2 Å². The first-order chi connectivity index (χ1) is 8.24. The highest BCUT2D eigenvalue weighted by Crippen LogP contribution is 2.26. The van der Waals surface area contributed by atoms with Crippen molar-refractivity contribution in [2.24, 2.45) is 0 Å². The smallest absolute Gasteiger partial charge is 0.265 e. The highest BCUT2D eigenvalue weighted by atomic mass is 35.5. The molecule has 0 aromatic carbocycles. The largest absolute Gasteiger partial charge is 0.336 e. The number of halogens is 2. The molecule has 2 unspecified atom stereocenters. The Balaban J connectivity index is 0.00000120. The monoisotopic (exact) mass is 306 g/mol. The number of fused-ring (bicyclic) bond motifs is 2.